The summed E-state index contributed by atoms with van der Waals surface area (Å²) in [6.45, 7) is 0.798. The van der Waals surface area contributed by atoms with Crippen LogP contribution in [-0.2, 0) is 32.6 Å². The first-order valence-electron chi connectivity index (χ1n) is 8.46. The summed E-state index contributed by atoms with van der Waals surface area (Å²) < 4.78 is 32.6. The number of hydrogen-bond donors (Lipinski definition) is 3. The zero-order chi connectivity index (χ0) is 20.6. The third kappa shape index (κ3) is 6.44. The maximum Gasteiger partial charge on any atom is 0.328 e. The highest BCUT2D eigenvalue weighted by molar-refractivity contribution is 7.89. The lowest BCUT2D eigenvalue weighted by Gasteiger charge is -2.09. The number of carbonyl (C=O) groups excluding carboxylic acids is 1. The predicted octanol–water partition coefficient (Wildman–Crippen LogP) is -0.832. The van der Waals surface area contributed by atoms with Crippen molar-refractivity contribution in [2.24, 2.45) is 0 Å². The monoisotopic (exact) mass is 410 g/mol. The van der Waals surface area contributed by atoms with Gasteiger partial charge in [0.05, 0.1) is 11.5 Å². The molecule has 11 heteroatoms. The zero-order valence-electron chi connectivity index (χ0n) is 15.3. The Balaban J connectivity index is 1.84. The fraction of sp³-hybridized carbons (Fsp3) is 0.353. The van der Waals surface area contributed by atoms with Crippen LogP contribution < -0.4 is 21.3 Å². The molecule has 0 bridgehead atoms. The lowest BCUT2D eigenvalue weighted by atomic mass is 10.2. The Hall–Kier alpha value is -2.76. The van der Waals surface area contributed by atoms with E-state index in [0.29, 0.717) is 0 Å². The van der Waals surface area contributed by atoms with E-state index >= 15 is 0 Å². The van der Waals surface area contributed by atoms with Gasteiger partial charge in [-0.25, -0.2) is 17.9 Å². The van der Waals surface area contributed by atoms with E-state index in [0.717, 1.165) is 5.56 Å². The van der Waals surface area contributed by atoms with E-state index in [4.69, 9.17) is 4.74 Å². The van der Waals surface area contributed by atoms with E-state index in [-0.39, 0.29) is 43.5 Å². The maximum atomic E-state index is 12.1. The van der Waals surface area contributed by atoms with Gasteiger partial charge >= 0.3 is 5.69 Å². The van der Waals surface area contributed by atoms with E-state index in [1.165, 1.54) is 36.1 Å². The second-order valence-corrected chi connectivity index (χ2v) is 7.63. The molecular weight excluding hydrogens is 388 g/mol. The molecule has 0 saturated heterocycles. The van der Waals surface area contributed by atoms with E-state index in [9.17, 15) is 22.8 Å². The highest BCUT2D eigenvalue weighted by atomic mass is 32.2. The minimum absolute atomic E-state index is 0.0574. The molecule has 152 valence electrons. The van der Waals surface area contributed by atoms with Gasteiger partial charge in [0, 0.05) is 45.4 Å². The number of aryl methyl sites for hydroxylation is 1. The average molecular weight is 410 g/mol. The third-order valence-electron chi connectivity index (χ3n) is 3.80. The van der Waals surface area contributed by atoms with Crippen LogP contribution in [0, 0.1) is 0 Å². The molecule has 0 aliphatic rings. The van der Waals surface area contributed by atoms with Crippen molar-refractivity contribution in [3.8, 4) is 0 Å². The molecule has 3 N–H and O–H groups in total. The standard InChI is InChI=1S/C17H22N4O6S/c1-27-11-8-19-28(25,26)14-4-2-13(3-5-14)12-18-15(22)6-9-21-10-7-16(23)20-17(21)24/h2-5,7,10,19H,6,8-9,11-12H2,1H3,(H,18,22)(H,20,23,24). The normalized spacial score (nSPS) is 11.3. The number of sulfonamides is 1. The summed E-state index contributed by atoms with van der Waals surface area (Å²) in [7, 11) is -2.12. The molecule has 0 saturated carbocycles. The second-order valence-electron chi connectivity index (χ2n) is 5.86. The summed E-state index contributed by atoms with van der Waals surface area (Å²) in [5.74, 6) is -0.281. The number of rotatable bonds is 10. The van der Waals surface area contributed by atoms with Gasteiger partial charge in [-0.15, -0.1) is 0 Å². The molecular formula is C17H22N4O6S. The molecule has 10 nitrogen and oxygen atoms in total. The van der Waals surface area contributed by atoms with Crippen LogP contribution in [-0.4, -0.2) is 44.1 Å². The highest BCUT2D eigenvalue weighted by Crippen LogP contribution is 2.10. The number of benzene rings is 1. The summed E-state index contributed by atoms with van der Waals surface area (Å²) >= 11 is 0. The first-order valence-corrected chi connectivity index (χ1v) is 9.94. The molecule has 0 aliphatic carbocycles. The number of nitrogens with one attached hydrogen (secondary N) is 3. The molecule has 0 spiro atoms. The van der Waals surface area contributed by atoms with Gasteiger partial charge in [0.2, 0.25) is 15.9 Å². The molecule has 2 aromatic rings. The smallest absolute Gasteiger partial charge is 0.328 e. The van der Waals surface area contributed by atoms with Gasteiger partial charge in [-0.1, -0.05) is 12.1 Å². The van der Waals surface area contributed by atoms with Gasteiger partial charge in [-0.3, -0.25) is 14.6 Å². The van der Waals surface area contributed by atoms with Crippen LogP contribution in [0.25, 0.3) is 0 Å². The molecule has 28 heavy (non-hydrogen) atoms. The Labute approximate surface area is 161 Å². The van der Waals surface area contributed by atoms with Gasteiger partial charge in [-0.05, 0) is 17.7 Å². The van der Waals surface area contributed by atoms with Gasteiger partial charge < -0.3 is 14.6 Å². The van der Waals surface area contributed by atoms with Gasteiger partial charge in [0.15, 0.2) is 0 Å². The Morgan fingerprint density at radius 1 is 1.18 bits per heavy atom. The Bertz CT molecular complexity index is 1010. The molecule has 0 radical (unpaired) electrons. The van der Waals surface area contributed by atoms with E-state index in [2.05, 4.69) is 15.0 Å². The number of hydrogen-bond acceptors (Lipinski definition) is 6. The molecule has 0 fully saturated rings. The second kappa shape index (κ2) is 9.97. The summed E-state index contributed by atoms with van der Waals surface area (Å²) in [5.41, 5.74) is -0.341. The summed E-state index contributed by atoms with van der Waals surface area (Å²) in [5, 5.41) is 2.69. The van der Waals surface area contributed by atoms with Crippen molar-refractivity contribution in [1.82, 2.24) is 19.6 Å². The van der Waals surface area contributed by atoms with Crippen LogP contribution in [0.1, 0.15) is 12.0 Å². The lowest BCUT2D eigenvalue weighted by molar-refractivity contribution is -0.121. The number of aromatic nitrogens is 2. The van der Waals surface area contributed by atoms with Crippen molar-refractivity contribution >= 4 is 15.9 Å². The predicted molar refractivity (Wildman–Crippen MR) is 101 cm³/mol. The first kappa shape index (κ1) is 21.5. The van der Waals surface area contributed by atoms with Crippen LogP contribution >= 0.6 is 0 Å². The number of ether oxygens (including phenoxy) is 1. The minimum atomic E-state index is -3.60. The molecule has 0 unspecified atom stereocenters. The number of carbonyl (C=O) groups is 1. The van der Waals surface area contributed by atoms with Crippen LogP contribution in [0.3, 0.4) is 0 Å². The van der Waals surface area contributed by atoms with Crippen LogP contribution in [0.15, 0.2) is 51.0 Å². The van der Waals surface area contributed by atoms with Gasteiger partial charge in [0.1, 0.15) is 0 Å². The number of aromatic amines is 1. The number of H-pyrrole nitrogens is 1. The number of methoxy groups -OCH3 is 1. The van der Waals surface area contributed by atoms with Crippen molar-refractivity contribution in [2.45, 2.75) is 24.4 Å². The summed E-state index contributed by atoms with van der Waals surface area (Å²) in [6, 6.07) is 7.33. The van der Waals surface area contributed by atoms with Crippen molar-refractivity contribution in [3.05, 3.63) is 62.9 Å². The topological polar surface area (TPSA) is 139 Å². The number of amides is 1. The molecule has 1 heterocycles. The van der Waals surface area contributed by atoms with E-state index in [1.807, 2.05) is 0 Å². The van der Waals surface area contributed by atoms with Crippen molar-refractivity contribution in [2.75, 3.05) is 20.3 Å². The highest BCUT2D eigenvalue weighted by Gasteiger charge is 2.13. The number of nitrogens with zero attached hydrogens (tertiary/aromatic N) is 1. The molecule has 2 rings (SSSR count). The van der Waals surface area contributed by atoms with Crippen molar-refractivity contribution < 1.29 is 17.9 Å². The molecule has 0 atom stereocenters. The van der Waals surface area contributed by atoms with Crippen molar-refractivity contribution in [3.63, 3.8) is 0 Å². The van der Waals surface area contributed by atoms with Crippen molar-refractivity contribution in [1.29, 1.82) is 0 Å². The van der Waals surface area contributed by atoms with Crippen LogP contribution in [0.4, 0.5) is 0 Å². The Morgan fingerprint density at radius 2 is 1.89 bits per heavy atom. The lowest BCUT2D eigenvalue weighted by Crippen LogP contribution is -2.31. The zero-order valence-corrected chi connectivity index (χ0v) is 16.1. The minimum Gasteiger partial charge on any atom is -0.383 e. The average Bonchev–Trinajstić information content (AvgIpc) is 2.66. The summed E-state index contributed by atoms with van der Waals surface area (Å²) in [4.78, 5) is 36.7. The van der Waals surface area contributed by atoms with Crippen LogP contribution in [0.5, 0.6) is 0 Å². The third-order valence-corrected chi connectivity index (χ3v) is 5.28. The quantitative estimate of drug-likeness (QED) is 0.437. The molecule has 1 aromatic carbocycles. The molecule has 1 aromatic heterocycles. The largest absolute Gasteiger partial charge is 0.383 e. The van der Waals surface area contributed by atoms with E-state index < -0.39 is 21.3 Å². The molecule has 0 aliphatic heterocycles. The molecule has 1 amide bonds. The Morgan fingerprint density at radius 3 is 2.54 bits per heavy atom. The SMILES string of the molecule is COCCNS(=O)(=O)c1ccc(CNC(=O)CCn2ccc(=O)[nH]c2=O)cc1. The van der Waals surface area contributed by atoms with Gasteiger partial charge in [-0.2, -0.15) is 0 Å². The Kier molecular flexibility index (Phi) is 7.67. The van der Waals surface area contributed by atoms with Gasteiger partial charge in [0.25, 0.3) is 5.56 Å². The van der Waals surface area contributed by atoms with E-state index in [1.54, 1.807) is 12.1 Å². The fourth-order valence-corrected chi connectivity index (χ4v) is 3.29. The summed E-state index contributed by atoms with van der Waals surface area (Å²) in [6.07, 6.45) is 1.39. The van der Waals surface area contributed by atoms with Crippen LogP contribution in [0.2, 0.25) is 0 Å². The fourth-order valence-electron chi connectivity index (χ4n) is 2.28. The first-order chi connectivity index (χ1) is 13.3. The maximum absolute atomic E-state index is 12.1.